The third-order valence-corrected chi connectivity index (χ3v) is 3.58. The Bertz CT molecular complexity index is 827. The molecule has 0 saturated carbocycles. The fourth-order valence-electron chi connectivity index (χ4n) is 2.37. The minimum atomic E-state index is -4.35. The first-order valence-corrected chi connectivity index (χ1v) is 7.31. The van der Waals surface area contributed by atoms with Crippen molar-refractivity contribution >= 4 is 0 Å². The highest BCUT2D eigenvalue weighted by molar-refractivity contribution is 5.72. The first kappa shape index (κ1) is 16.1. The van der Waals surface area contributed by atoms with Crippen molar-refractivity contribution in [1.29, 1.82) is 0 Å². The van der Waals surface area contributed by atoms with E-state index >= 15 is 0 Å². The second-order valence-corrected chi connectivity index (χ2v) is 5.30. The molecule has 0 N–H and O–H groups in total. The van der Waals surface area contributed by atoms with E-state index in [1.807, 2.05) is 25.1 Å². The van der Waals surface area contributed by atoms with Crippen molar-refractivity contribution in [2.24, 2.45) is 0 Å². The minimum Gasteiger partial charge on any atom is -0.438 e. The van der Waals surface area contributed by atoms with Crippen LogP contribution in [0.25, 0.3) is 11.1 Å². The Balaban J connectivity index is 2.01. The van der Waals surface area contributed by atoms with Gasteiger partial charge in [-0.2, -0.15) is 13.2 Å². The summed E-state index contributed by atoms with van der Waals surface area (Å²) in [5.41, 5.74) is 1.57. The van der Waals surface area contributed by atoms with Gasteiger partial charge < -0.3 is 4.74 Å². The maximum Gasteiger partial charge on any atom is 0.416 e. The Kier molecular flexibility index (Phi) is 4.25. The molecular weight excluding hydrogens is 315 g/mol. The number of benzene rings is 2. The normalized spacial score (nSPS) is 11.3. The minimum absolute atomic E-state index is 0.431. The van der Waals surface area contributed by atoms with Crippen molar-refractivity contribution in [1.82, 2.24) is 4.98 Å². The number of para-hydroxylation sites is 1. The maximum absolute atomic E-state index is 12.7. The first-order chi connectivity index (χ1) is 11.4. The molecule has 2 aromatic carbocycles. The fraction of sp³-hybridized carbons (Fsp3) is 0.105. The summed E-state index contributed by atoms with van der Waals surface area (Å²) in [5.74, 6) is 1.01. The lowest BCUT2D eigenvalue weighted by Gasteiger charge is -2.14. The average Bonchev–Trinajstić information content (AvgIpc) is 2.57. The van der Waals surface area contributed by atoms with Gasteiger partial charge in [-0.3, -0.25) is 0 Å². The van der Waals surface area contributed by atoms with E-state index in [4.69, 9.17) is 4.74 Å². The number of ether oxygens (including phenoxy) is 1. The van der Waals surface area contributed by atoms with E-state index in [2.05, 4.69) is 4.98 Å². The number of hydrogen-bond donors (Lipinski definition) is 0. The lowest BCUT2D eigenvalue weighted by Crippen LogP contribution is -2.04. The van der Waals surface area contributed by atoms with E-state index in [-0.39, 0.29) is 0 Å². The lowest BCUT2D eigenvalue weighted by atomic mass is 10.0. The van der Waals surface area contributed by atoms with E-state index in [1.54, 1.807) is 24.4 Å². The average molecular weight is 329 g/mol. The van der Waals surface area contributed by atoms with Crippen LogP contribution in [0.4, 0.5) is 13.2 Å². The molecule has 1 heterocycles. The molecule has 122 valence electrons. The number of nitrogens with zero attached hydrogens (tertiary/aromatic N) is 1. The van der Waals surface area contributed by atoms with Gasteiger partial charge in [0, 0.05) is 17.8 Å². The summed E-state index contributed by atoms with van der Waals surface area (Å²) in [6, 6.07) is 15.9. The van der Waals surface area contributed by atoms with E-state index in [0.717, 1.165) is 23.3 Å². The third-order valence-electron chi connectivity index (χ3n) is 3.58. The molecule has 3 aromatic rings. The van der Waals surface area contributed by atoms with Gasteiger partial charge in [-0.1, -0.05) is 36.4 Å². The summed E-state index contributed by atoms with van der Waals surface area (Å²) < 4.78 is 44.0. The van der Waals surface area contributed by atoms with Crippen LogP contribution in [0.1, 0.15) is 11.1 Å². The van der Waals surface area contributed by atoms with E-state index in [9.17, 15) is 13.2 Å². The number of aromatic nitrogens is 1. The van der Waals surface area contributed by atoms with Crippen molar-refractivity contribution in [2.45, 2.75) is 13.1 Å². The Labute approximate surface area is 137 Å². The largest absolute Gasteiger partial charge is 0.438 e. The molecule has 0 unspecified atom stereocenters. The Morgan fingerprint density at radius 3 is 2.25 bits per heavy atom. The highest BCUT2D eigenvalue weighted by atomic mass is 19.4. The number of halogens is 3. The maximum atomic E-state index is 12.7. The van der Waals surface area contributed by atoms with Crippen LogP contribution in [0.15, 0.2) is 66.9 Å². The van der Waals surface area contributed by atoms with E-state index in [1.165, 1.54) is 12.1 Å². The van der Waals surface area contributed by atoms with Crippen LogP contribution >= 0.6 is 0 Å². The molecule has 0 aliphatic rings. The monoisotopic (exact) mass is 329 g/mol. The molecular formula is C19H14F3NO. The molecule has 0 amide bonds. The van der Waals surface area contributed by atoms with Crippen LogP contribution in [-0.2, 0) is 6.18 Å². The van der Waals surface area contributed by atoms with Crippen LogP contribution in [0.3, 0.4) is 0 Å². The molecule has 2 nitrogen and oxygen atoms in total. The Hall–Kier alpha value is -2.82. The summed E-state index contributed by atoms with van der Waals surface area (Å²) >= 11 is 0. The predicted molar refractivity (Wildman–Crippen MR) is 85.9 cm³/mol. The molecule has 0 saturated heterocycles. The highest BCUT2D eigenvalue weighted by Gasteiger charge is 2.30. The van der Waals surface area contributed by atoms with Crippen LogP contribution in [0.2, 0.25) is 0 Å². The number of aryl methyl sites for hydroxylation is 1. The molecule has 24 heavy (non-hydrogen) atoms. The van der Waals surface area contributed by atoms with Crippen molar-refractivity contribution in [2.75, 3.05) is 0 Å². The SMILES string of the molecule is Cc1cccc(-c2ccc(C(F)(F)F)cc2)c1Oc1ccccn1. The topological polar surface area (TPSA) is 22.1 Å². The second kappa shape index (κ2) is 6.35. The second-order valence-electron chi connectivity index (χ2n) is 5.30. The van der Waals surface area contributed by atoms with Gasteiger partial charge in [0.2, 0.25) is 5.88 Å². The van der Waals surface area contributed by atoms with Gasteiger partial charge in [-0.05, 0) is 36.2 Å². The zero-order valence-electron chi connectivity index (χ0n) is 12.8. The standard InChI is InChI=1S/C19H14F3NO/c1-13-5-4-6-16(18(13)24-17-7-2-3-12-23-17)14-8-10-15(11-9-14)19(20,21)22/h2-12H,1H3. The Morgan fingerprint density at radius 1 is 0.875 bits per heavy atom. The summed E-state index contributed by atoms with van der Waals surface area (Å²) in [4.78, 5) is 4.13. The molecule has 0 bridgehead atoms. The van der Waals surface area contributed by atoms with Crippen molar-refractivity contribution in [3.8, 4) is 22.8 Å². The van der Waals surface area contributed by atoms with Crippen LogP contribution < -0.4 is 4.74 Å². The predicted octanol–water partition coefficient (Wildman–Crippen LogP) is 5.87. The number of pyridine rings is 1. The summed E-state index contributed by atoms with van der Waals surface area (Å²) in [7, 11) is 0. The van der Waals surface area contributed by atoms with Gasteiger partial charge in [-0.15, -0.1) is 0 Å². The zero-order valence-corrected chi connectivity index (χ0v) is 12.8. The first-order valence-electron chi connectivity index (χ1n) is 7.31. The smallest absolute Gasteiger partial charge is 0.416 e. The van der Waals surface area contributed by atoms with Gasteiger partial charge in [0.15, 0.2) is 0 Å². The van der Waals surface area contributed by atoms with E-state index < -0.39 is 11.7 Å². The van der Waals surface area contributed by atoms with E-state index in [0.29, 0.717) is 17.2 Å². The summed E-state index contributed by atoms with van der Waals surface area (Å²) in [5, 5.41) is 0. The highest BCUT2D eigenvalue weighted by Crippen LogP contribution is 2.37. The van der Waals surface area contributed by atoms with Crippen LogP contribution in [-0.4, -0.2) is 4.98 Å². The molecule has 0 fully saturated rings. The molecule has 0 spiro atoms. The molecule has 0 aliphatic carbocycles. The fourth-order valence-corrected chi connectivity index (χ4v) is 2.37. The summed E-state index contributed by atoms with van der Waals surface area (Å²) in [6.07, 6.45) is -2.73. The molecule has 3 rings (SSSR count). The van der Waals surface area contributed by atoms with Gasteiger partial charge in [-0.25, -0.2) is 4.98 Å². The molecule has 0 atom stereocenters. The van der Waals surface area contributed by atoms with Crippen molar-refractivity contribution in [3.05, 3.63) is 78.0 Å². The van der Waals surface area contributed by atoms with Crippen LogP contribution in [0, 0.1) is 6.92 Å². The van der Waals surface area contributed by atoms with Crippen molar-refractivity contribution < 1.29 is 17.9 Å². The molecule has 5 heteroatoms. The number of hydrogen-bond acceptors (Lipinski definition) is 2. The number of rotatable bonds is 3. The molecule has 0 aliphatic heterocycles. The quantitative estimate of drug-likeness (QED) is 0.599. The third kappa shape index (κ3) is 3.40. The lowest BCUT2D eigenvalue weighted by molar-refractivity contribution is -0.137. The van der Waals surface area contributed by atoms with Gasteiger partial charge in [0.25, 0.3) is 0 Å². The Morgan fingerprint density at radius 2 is 1.62 bits per heavy atom. The van der Waals surface area contributed by atoms with Gasteiger partial charge >= 0.3 is 6.18 Å². The van der Waals surface area contributed by atoms with Crippen LogP contribution in [0.5, 0.6) is 11.6 Å². The summed E-state index contributed by atoms with van der Waals surface area (Å²) in [6.45, 7) is 1.88. The zero-order chi connectivity index (χ0) is 17.2. The van der Waals surface area contributed by atoms with Gasteiger partial charge in [0.05, 0.1) is 5.56 Å². The molecule has 1 aromatic heterocycles. The van der Waals surface area contributed by atoms with Crippen molar-refractivity contribution in [3.63, 3.8) is 0 Å². The van der Waals surface area contributed by atoms with Gasteiger partial charge in [0.1, 0.15) is 5.75 Å². The molecule has 0 radical (unpaired) electrons. The number of alkyl halides is 3.